The van der Waals surface area contributed by atoms with Gasteiger partial charge in [-0.05, 0) is 64.3 Å². The first kappa shape index (κ1) is 24.7. The van der Waals surface area contributed by atoms with Crippen LogP contribution in [0.2, 0.25) is 0 Å². The highest BCUT2D eigenvalue weighted by molar-refractivity contribution is 7.92. The third-order valence-corrected chi connectivity index (χ3v) is 8.32. The number of rotatable bonds is 6. The normalized spacial score (nSPS) is 21.3. The number of nitrogens with one attached hydrogen (secondary N) is 1. The molecule has 1 N–H and O–H groups in total. The van der Waals surface area contributed by atoms with E-state index in [-0.39, 0.29) is 30.2 Å². The van der Waals surface area contributed by atoms with Gasteiger partial charge in [0, 0.05) is 37.1 Å². The molecule has 1 saturated carbocycles. The first-order valence-corrected chi connectivity index (χ1v) is 13.0. The topological polar surface area (TPSA) is 134 Å². The number of ether oxygens (including phenoxy) is 1. The van der Waals surface area contributed by atoms with Crippen LogP contribution in [0.4, 0.5) is 4.79 Å². The predicted octanol–water partition coefficient (Wildman–Crippen LogP) is 2.59. The van der Waals surface area contributed by atoms with E-state index in [1.54, 1.807) is 56.2 Å². The van der Waals surface area contributed by atoms with Gasteiger partial charge in [-0.3, -0.25) is 4.79 Å². The van der Waals surface area contributed by atoms with E-state index in [2.05, 4.69) is 16.4 Å². The van der Waals surface area contributed by atoms with E-state index in [9.17, 15) is 23.3 Å². The van der Waals surface area contributed by atoms with Crippen molar-refractivity contribution in [1.29, 1.82) is 5.26 Å². The number of likely N-dealkylation sites (tertiary alicyclic amines) is 1. The quantitative estimate of drug-likeness (QED) is 0.645. The van der Waals surface area contributed by atoms with Crippen LogP contribution in [0, 0.1) is 11.3 Å². The number of nitriles is 1. The molecule has 186 valence electrons. The molecule has 0 radical (unpaired) electrons. The van der Waals surface area contributed by atoms with Crippen molar-refractivity contribution in [2.75, 3.05) is 6.54 Å². The molecule has 2 heterocycles. The Morgan fingerprint density at radius 2 is 1.94 bits per heavy atom. The third-order valence-electron chi connectivity index (χ3n) is 6.17. The number of aromatic nitrogens is 2. The molecular formula is C24H29N5O5S. The fourth-order valence-corrected chi connectivity index (χ4v) is 5.90. The molecule has 4 rings (SSSR count). The predicted molar refractivity (Wildman–Crippen MR) is 126 cm³/mol. The Kier molecular flexibility index (Phi) is 6.36. The van der Waals surface area contributed by atoms with Crippen LogP contribution in [0.5, 0.6) is 0 Å². The highest BCUT2D eigenvalue weighted by Gasteiger charge is 2.47. The number of sulfone groups is 1. The van der Waals surface area contributed by atoms with E-state index >= 15 is 0 Å². The van der Waals surface area contributed by atoms with Crippen molar-refractivity contribution in [2.24, 2.45) is 0 Å². The fourth-order valence-electron chi connectivity index (χ4n) is 4.17. The van der Waals surface area contributed by atoms with Gasteiger partial charge in [-0.15, -0.1) is 0 Å². The van der Waals surface area contributed by atoms with Crippen molar-refractivity contribution in [3.8, 4) is 11.8 Å². The molecule has 11 heteroatoms. The fraction of sp³-hybridized carbons (Fsp3) is 0.500. The molecule has 35 heavy (non-hydrogen) atoms. The smallest absolute Gasteiger partial charge is 0.410 e. The average Bonchev–Trinajstić information content (AvgIpc) is 3.17. The van der Waals surface area contributed by atoms with Crippen LogP contribution in [0.1, 0.15) is 46.5 Å². The van der Waals surface area contributed by atoms with Crippen LogP contribution in [0.15, 0.2) is 47.9 Å². The number of hydrogen-bond donors (Lipinski definition) is 1. The van der Waals surface area contributed by atoms with E-state index in [1.807, 2.05) is 0 Å². The molecular weight excluding hydrogens is 470 g/mol. The van der Waals surface area contributed by atoms with Crippen LogP contribution in [0.3, 0.4) is 0 Å². The van der Waals surface area contributed by atoms with E-state index in [4.69, 9.17) is 4.74 Å². The lowest BCUT2D eigenvalue weighted by atomic mass is 10.1. The second-order valence-corrected chi connectivity index (χ2v) is 12.3. The summed E-state index contributed by atoms with van der Waals surface area (Å²) in [6.07, 6.45) is 5.51. The van der Waals surface area contributed by atoms with Gasteiger partial charge < -0.3 is 19.5 Å². The summed E-state index contributed by atoms with van der Waals surface area (Å²) in [6.45, 7) is 5.09. The molecule has 1 saturated heterocycles. The number of benzene rings is 1. The maximum absolute atomic E-state index is 13.5. The number of carbonyl (C=O) groups is 2. The number of carbonyl (C=O) groups excluding carboxylic acids is 2. The van der Waals surface area contributed by atoms with E-state index in [1.165, 1.54) is 17.0 Å². The Hall–Kier alpha value is -3.39. The highest BCUT2D eigenvalue weighted by atomic mass is 32.2. The number of amides is 2. The Labute approximate surface area is 204 Å². The number of nitrogens with zero attached hydrogens (tertiary/aromatic N) is 4. The summed E-state index contributed by atoms with van der Waals surface area (Å²) in [4.78, 5) is 31.0. The van der Waals surface area contributed by atoms with Crippen molar-refractivity contribution in [3.63, 3.8) is 0 Å². The van der Waals surface area contributed by atoms with Gasteiger partial charge >= 0.3 is 6.09 Å². The lowest BCUT2D eigenvalue weighted by molar-refractivity contribution is -0.122. The second-order valence-electron chi connectivity index (χ2n) is 10.1. The zero-order valence-electron chi connectivity index (χ0n) is 20.0. The standard InChI is InChI=1S/C24H29N5O5S/c1-23(2,3)34-22(31)29-14-20(12-18(29)13-21(30)27-24(15-25)8-9-24)35(32,33)19-6-4-17(5-7-19)28-11-10-26-16-28/h4-7,10-11,16,18,20H,8-9,12-14H2,1-3H3,(H,27,30)/t18?,20-/m1/s1. The van der Waals surface area contributed by atoms with Gasteiger partial charge in [-0.1, -0.05) is 0 Å². The molecule has 2 amide bonds. The summed E-state index contributed by atoms with van der Waals surface area (Å²) in [5.74, 6) is -0.384. The highest BCUT2D eigenvalue weighted by Crippen LogP contribution is 2.35. The number of imidazole rings is 1. The van der Waals surface area contributed by atoms with Gasteiger partial charge in [0.2, 0.25) is 5.91 Å². The summed E-state index contributed by atoms with van der Waals surface area (Å²) >= 11 is 0. The van der Waals surface area contributed by atoms with Gasteiger partial charge in [-0.25, -0.2) is 18.2 Å². The zero-order chi connectivity index (χ0) is 25.4. The van der Waals surface area contributed by atoms with Crippen molar-refractivity contribution in [1.82, 2.24) is 19.8 Å². The van der Waals surface area contributed by atoms with Gasteiger partial charge in [0.25, 0.3) is 0 Å². The monoisotopic (exact) mass is 499 g/mol. The van der Waals surface area contributed by atoms with E-state index in [0.717, 1.165) is 5.69 Å². The zero-order valence-corrected chi connectivity index (χ0v) is 20.8. The molecule has 2 fully saturated rings. The molecule has 1 aromatic heterocycles. The minimum absolute atomic E-state index is 0.0815. The Morgan fingerprint density at radius 1 is 1.26 bits per heavy atom. The van der Waals surface area contributed by atoms with E-state index in [0.29, 0.717) is 12.8 Å². The Morgan fingerprint density at radius 3 is 2.49 bits per heavy atom. The summed E-state index contributed by atoms with van der Waals surface area (Å²) < 4.78 is 34.2. The van der Waals surface area contributed by atoms with Crippen molar-refractivity contribution < 1.29 is 22.7 Å². The van der Waals surface area contributed by atoms with Gasteiger partial charge in [0.05, 0.1) is 22.5 Å². The maximum Gasteiger partial charge on any atom is 0.410 e. The summed E-state index contributed by atoms with van der Waals surface area (Å²) in [5.41, 5.74) is -0.845. The van der Waals surface area contributed by atoms with Crippen molar-refractivity contribution >= 4 is 21.8 Å². The first-order chi connectivity index (χ1) is 16.4. The Balaban J connectivity index is 1.53. The Bertz CT molecular complexity index is 1240. The van der Waals surface area contributed by atoms with Crippen LogP contribution >= 0.6 is 0 Å². The van der Waals surface area contributed by atoms with Crippen molar-refractivity contribution in [3.05, 3.63) is 43.0 Å². The second kappa shape index (κ2) is 9.00. The molecule has 1 aromatic carbocycles. The van der Waals surface area contributed by atoms with Gasteiger partial charge in [0.1, 0.15) is 11.1 Å². The van der Waals surface area contributed by atoms with Crippen LogP contribution in [-0.4, -0.2) is 63.8 Å². The molecule has 10 nitrogen and oxygen atoms in total. The molecule has 1 unspecified atom stereocenters. The molecule has 2 atom stereocenters. The van der Waals surface area contributed by atoms with E-state index < -0.39 is 38.4 Å². The maximum atomic E-state index is 13.5. The van der Waals surface area contributed by atoms with Crippen LogP contribution in [-0.2, 0) is 19.4 Å². The van der Waals surface area contributed by atoms with Crippen LogP contribution < -0.4 is 5.32 Å². The lowest BCUT2D eigenvalue weighted by Crippen LogP contribution is -2.44. The van der Waals surface area contributed by atoms with Gasteiger partial charge in [0.15, 0.2) is 9.84 Å². The molecule has 0 bridgehead atoms. The number of hydrogen-bond acceptors (Lipinski definition) is 7. The molecule has 2 aliphatic rings. The third kappa shape index (κ3) is 5.48. The molecule has 1 aliphatic carbocycles. The minimum Gasteiger partial charge on any atom is -0.444 e. The average molecular weight is 500 g/mol. The van der Waals surface area contributed by atoms with Crippen LogP contribution in [0.25, 0.3) is 5.69 Å². The molecule has 1 aliphatic heterocycles. The summed E-state index contributed by atoms with van der Waals surface area (Å²) in [5, 5.41) is 11.1. The minimum atomic E-state index is -3.79. The molecule has 2 aromatic rings. The first-order valence-electron chi connectivity index (χ1n) is 11.5. The SMILES string of the molecule is CC(C)(C)OC(=O)N1C[C@H](S(=O)(=O)c2ccc(-n3ccnc3)cc2)CC1CC(=O)NC1(C#N)CC1. The summed E-state index contributed by atoms with van der Waals surface area (Å²) in [6, 6.07) is 7.89. The molecule has 0 spiro atoms. The van der Waals surface area contributed by atoms with Crippen molar-refractivity contribution in [2.45, 2.75) is 73.8 Å². The largest absolute Gasteiger partial charge is 0.444 e. The lowest BCUT2D eigenvalue weighted by Gasteiger charge is -2.28. The summed E-state index contributed by atoms with van der Waals surface area (Å²) in [7, 11) is -3.79. The van der Waals surface area contributed by atoms with Gasteiger partial charge in [-0.2, -0.15) is 5.26 Å².